The van der Waals surface area contributed by atoms with Crippen LogP contribution in [0.15, 0.2) is 83.8 Å². The van der Waals surface area contributed by atoms with Gasteiger partial charge in [-0.3, -0.25) is 10.1 Å². The zero-order chi connectivity index (χ0) is 20.9. The van der Waals surface area contributed by atoms with E-state index in [-0.39, 0.29) is 17.1 Å². The number of ether oxygens (including phenoxy) is 1. The van der Waals surface area contributed by atoms with Gasteiger partial charge in [0.1, 0.15) is 11.9 Å². The molecule has 3 aromatic rings. The Morgan fingerprint density at radius 2 is 1.59 bits per heavy atom. The van der Waals surface area contributed by atoms with E-state index in [0.717, 1.165) is 11.1 Å². The van der Waals surface area contributed by atoms with E-state index in [2.05, 4.69) is 4.72 Å². The summed E-state index contributed by atoms with van der Waals surface area (Å²) in [6.45, 7) is 1.88. The monoisotopic (exact) mass is 412 g/mol. The zero-order valence-corrected chi connectivity index (χ0v) is 16.5. The average Bonchev–Trinajstić information content (AvgIpc) is 2.72. The number of nitro groups is 1. The maximum Gasteiger partial charge on any atom is 0.269 e. The number of rotatable bonds is 8. The van der Waals surface area contributed by atoms with Crippen molar-refractivity contribution in [3.05, 3.63) is 100 Å². The highest BCUT2D eigenvalue weighted by Crippen LogP contribution is 2.24. The van der Waals surface area contributed by atoms with Gasteiger partial charge in [-0.2, -0.15) is 0 Å². The summed E-state index contributed by atoms with van der Waals surface area (Å²) in [6, 6.07) is 21.4. The van der Waals surface area contributed by atoms with Crippen LogP contribution in [0.25, 0.3) is 0 Å². The highest BCUT2D eigenvalue weighted by Gasteiger charge is 2.20. The van der Waals surface area contributed by atoms with Gasteiger partial charge in [-0.25, -0.2) is 13.1 Å². The van der Waals surface area contributed by atoms with Gasteiger partial charge in [-0.1, -0.05) is 48.0 Å². The van der Waals surface area contributed by atoms with Crippen LogP contribution in [-0.4, -0.2) is 19.9 Å². The molecule has 29 heavy (non-hydrogen) atoms. The molecule has 0 heterocycles. The van der Waals surface area contributed by atoms with E-state index >= 15 is 0 Å². The largest absolute Gasteiger partial charge is 0.484 e. The van der Waals surface area contributed by atoms with Gasteiger partial charge in [0.15, 0.2) is 0 Å². The summed E-state index contributed by atoms with van der Waals surface area (Å²) < 4.78 is 33.7. The Hall–Kier alpha value is -3.23. The average molecular weight is 412 g/mol. The first-order valence-electron chi connectivity index (χ1n) is 8.87. The summed E-state index contributed by atoms with van der Waals surface area (Å²) in [7, 11) is -3.71. The highest BCUT2D eigenvalue weighted by atomic mass is 32.2. The lowest BCUT2D eigenvalue weighted by atomic mass is 10.1. The van der Waals surface area contributed by atoms with E-state index in [1.807, 2.05) is 37.3 Å². The summed E-state index contributed by atoms with van der Waals surface area (Å²) in [4.78, 5) is 10.5. The molecule has 0 bridgehead atoms. The van der Waals surface area contributed by atoms with Crippen LogP contribution in [0, 0.1) is 17.0 Å². The number of non-ortho nitro benzene ring substituents is 1. The first kappa shape index (κ1) is 20.5. The third-order valence-corrected chi connectivity index (χ3v) is 5.73. The van der Waals surface area contributed by atoms with Gasteiger partial charge < -0.3 is 4.74 Å². The molecule has 0 aliphatic rings. The molecule has 0 fully saturated rings. The molecule has 0 radical (unpaired) electrons. The Morgan fingerprint density at radius 1 is 0.966 bits per heavy atom. The number of hydrogen-bond acceptors (Lipinski definition) is 5. The first-order chi connectivity index (χ1) is 13.8. The molecule has 0 aromatic heterocycles. The number of nitrogens with one attached hydrogen (secondary N) is 1. The molecule has 8 heteroatoms. The molecule has 0 saturated carbocycles. The summed E-state index contributed by atoms with van der Waals surface area (Å²) in [5.41, 5.74) is 1.69. The Balaban J connectivity index is 1.79. The Labute approximate surface area is 169 Å². The van der Waals surface area contributed by atoms with Gasteiger partial charge in [-0.15, -0.1) is 0 Å². The number of hydrogen-bond donors (Lipinski definition) is 1. The lowest BCUT2D eigenvalue weighted by Crippen LogP contribution is -2.30. The first-order valence-corrected chi connectivity index (χ1v) is 10.4. The van der Waals surface area contributed by atoms with Crippen molar-refractivity contribution in [2.45, 2.75) is 17.9 Å². The fourth-order valence-electron chi connectivity index (χ4n) is 2.69. The topological polar surface area (TPSA) is 98.5 Å². The summed E-state index contributed by atoms with van der Waals surface area (Å²) in [5, 5.41) is 10.8. The van der Waals surface area contributed by atoms with E-state index in [1.54, 1.807) is 24.3 Å². The maximum atomic E-state index is 12.6. The normalized spacial score (nSPS) is 12.3. The van der Waals surface area contributed by atoms with E-state index in [4.69, 9.17) is 4.74 Å². The predicted molar refractivity (Wildman–Crippen MR) is 109 cm³/mol. The molecular weight excluding hydrogens is 392 g/mol. The molecule has 0 aliphatic carbocycles. The van der Waals surface area contributed by atoms with Crippen molar-refractivity contribution in [1.82, 2.24) is 4.72 Å². The van der Waals surface area contributed by atoms with Crippen LogP contribution in [-0.2, 0) is 10.0 Å². The van der Waals surface area contributed by atoms with Crippen LogP contribution < -0.4 is 9.46 Å². The van der Waals surface area contributed by atoms with Crippen LogP contribution in [0.4, 0.5) is 5.69 Å². The van der Waals surface area contributed by atoms with Crippen molar-refractivity contribution in [3.8, 4) is 5.75 Å². The summed E-state index contributed by atoms with van der Waals surface area (Å²) in [5.74, 6) is 0.402. The standard InChI is InChI=1S/C21H20N2O5S/c1-16-7-13-20(14-8-16)29(26,27)22-15-21(17-5-3-2-4-6-17)28-19-11-9-18(10-12-19)23(24)25/h2-14,21-22H,15H2,1H3/t21-/m1/s1. The lowest BCUT2D eigenvalue weighted by Gasteiger charge is -2.20. The van der Waals surface area contributed by atoms with Crippen LogP contribution in [0.5, 0.6) is 5.75 Å². The molecule has 1 atom stereocenters. The van der Waals surface area contributed by atoms with Gasteiger partial charge in [0, 0.05) is 12.1 Å². The number of benzene rings is 3. The van der Waals surface area contributed by atoms with Gasteiger partial charge in [-0.05, 0) is 36.8 Å². The van der Waals surface area contributed by atoms with Crippen molar-refractivity contribution in [2.24, 2.45) is 0 Å². The third-order valence-electron chi connectivity index (χ3n) is 4.29. The molecule has 3 aromatic carbocycles. The van der Waals surface area contributed by atoms with Gasteiger partial charge in [0.2, 0.25) is 10.0 Å². The third kappa shape index (κ3) is 5.40. The van der Waals surface area contributed by atoms with Crippen molar-refractivity contribution in [3.63, 3.8) is 0 Å². The zero-order valence-electron chi connectivity index (χ0n) is 15.7. The van der Waals surface area contributed by atoms with Gasteiger partial charge in [0.05, 0.1) is 16.4 Å². The van der Waals surface area contributed by atoms with Crippen molar-refractivity contribution in [1.29, 1.82) is 0 Å². The predicted octanol–water partition coefficient (Wildman–Crippen LogP) is 4.00. The van der Waals surface area contributed by atoms with E-state index in [1.165, 1.54) is 24.3 Å². The second kappa shape index (κ2) is 8.85. The Bertz CT molecular complexity index is 1070. The second-order valence-electron chi connectivity index (χ2n) is 6.43. The van der Waals surface area contributed by atoms with Crippen LogP contribution >= 0.6 is 0 Å². The molecule has 0 spiro atoms. The van der Waals surface area contributed by atoms with E-state index in [0.29, 0.717) is 5.75 Å². The van der Waals surface area contributed by atoms with Crippen molar-refractivity contribution in [2.75, 3.05) is 6.54 Å². The SMILES string of the molecule is Cc1ccc(S(=O)(=O)NC[C@@H](Oc2ccc([N+](=O)[O-])cc2)c2ccccc2)cc1. The molecule has 1 N–H and O–H groups in total. The Kier molecular flexibility index (Phi) is 6.26. The molecule has 7 nitrogen and oxygen atoms in total. The van der Waals surface area contributed by atoms with Crippen LogP contribution in [0.1, 0.15) is 17.2 Å². The van der Waals surface area contributed by atoms with E-state index < -0.39 is 21.1 Å². The molecule has 0 amide bonds. The van der Waals surface area contributed by atoms with Crippen molar-refractivity contribution >= 4 is 15.7 Å². The number of sulfonamides is 1. The fourth-order valence-corrected chi connectivity index (χ4v) is 3.72. The molecule has 0 aliphatic heterocycles. The molecule has 0 saturated heterocycles. The minimum atomic E-state index is -3.71. The van der Waals surface area contributed by atoms with Crippen molar-refractivity contribution < 1.29 is 18.1 Å². The second-order valence-corrected chi connectivity index (χ2v) is 8.20. The quantitative estimate of drug-likeness (QED) is 0.445. The minimum absolute atomic E-state index is 0.00277. The van der Waals surface area contributed by atoms with E-state index in [9.17, 15) is 18.5 Å². The smallest absolute Gasteiger partial charge is 0.269 e. The molecule has 3 rings (SSSR count). The highest BCUT2D eigenvalue weighted by molar-refractivity contribution is 7.89. The van der Waals surface area contributed by atoms with Gasteiger partial charge in [0.25, 0.3) is 5.69 Å². The fraction of sp³-hybridized carbons (Fsp3) is 0.143. The lowest BCUT2D eigenvalue weighted by molar-refractivity contribution is -0.384. The number of nitrogens with zero attached hydrogens (tertiary/aromatic N) is 1. The molecular formula is C21H20N2O5S. The summed E-state index contributed by atoms with van der Waals surface area (Å²) >= 11 is 0. The van der Waals surface area contributed by atoms with Gasteiger partial charge >= 0.3 is 0 Å². The number of nitro benzene ring substituents is 1. The molecule has 0 unspecified atom stereocenters. The number of aryl methyl sites for hydroxylation is 1. The molecule has 150 valence electrons. The maximum absolute atomic E-state index is 12.6. The summed E-state index contributed by atoms with van der Waals surface area (Å²) in [6.07, 6.45) is -0.613. The van der Waals surface area contributed by atoms with Crippen LogP contribution in [0.2, 0.25) is 0 Å². The minimum Gasteiger partial charge on any atom is -0.484 e. The Morgan fingerprint density at radius 3 is 2.17 bits per heavy atom. The van der Waals surface area contributed by atoms with Crippen LogP contribution in [0.3, 0.4) is 0 Å².